The molecule has 0 radical (unpaired) electrons. The van der Waals surface area contributed by atoms with E-state index in [2.05, 4.69) is 4.98 Å². The summed E-state index contributed by atoms with van der Waals surface area (Å²) in [4.78, 5) is 3.15. The monoisotopic (exact) mass is 272 g/mol. The fraction of sp³-hybridized carbons (Fsp3) is 0.133. The lowest BCUT2D eigenvalue weighted by molar-refractivity contribution is 0.561. The molecule has 96 valence electrons. The summed E-state index contributed by atoms with van der Waals surface area (Å²) in [6.45, 7) is 1.95. The molecular formula is C15H13FN2S. The average molecular weight is 272 g/mol. The molecule has 0 aliphatic carbocycles. The number of fused-ring (bicyclic) bond motifs is 1. The molecule has 2 aromatic carbocycles. The highest BCUT2D eigenvalue weighted by Crippen LogP contribution is 2.25. The van der Waals surface area contributed by atoms with E-state index >= 15 is 0 Å². The van der Waals surface area contributed by atoms with Crippen molar-refractivity contribution in [1.82, 2.24) is 9.55 Å². The van der Waals surface area contributed by atoms with E-state index in [1.165, 1.54) is 6.07 Å². The zero-order valence-corrected chi connectivity index (χ0v) is 11.2. The Bertz CT molecular complexity index is 788. The molecule has 0 amide bonds. The summed E-state index contributed by atoms with van der Waals surface area (Å²) < 4.78 is 16.5. The Morgan fingerprint density at radius 2 is 1.79 bits per heavy atom. The van der Waals surface area contributed by atoms with Crippen LogP contribution < -0.4 is 0 Å². The lowest BCUT2D eigenvalue weighted by atomic mass is 10.1. The van der Waals surface area contributed by atoms with E-state index in [0.717, 1.165) is 11.0 Å². The van der Waals surface area contributed by atoms with E-state index in [0.29, 0.717) is 10.3 Å². The number of hydrogen-bond acceptors (Lipinski definition) is 1. The van der Waals surface area contributed by atoms with Crippen molar-refractivity contribution in [1.29, 1.82) is 0 Å². The molecule has 19 heavy (non-hydrogen) atoms. The van der Waals surface area contributed by atoms with Crippen molar-refractivity contribution in [2.24, 2.45) is 0 Å². The molecule has 1 N–H and O–H groups in total. The molecule has 0 fully saturated rings. The number of nitrogens with zero attached hydrogens (tertiary/aromatic N) is 1. The molecule has 1 aromatic heterocycles. The highest BCUT2D eigenvalue weighted by Gasteiger charge is 2.15. The number of aromatic amines is 1. The predicted molar refractivity (Wildman–Crippen MR) is 77.3 cm³/mol. The van der Waals surface area contributed by atoms with Gasteiger partial charge in [-0.2, -0.15) is 0 Å². The summed E-state index contributed by atoms with van der Waals surface area (Å²) in [5, 5.41) is 0. The molecule has 3 aromatic rings. The van der Waals surface area contributed by atoms with Crippen molar-refractivity contribution in [2.75, 3.05) is 0 Å². The molecule has 0 bridgehead atoms. The number of imidazole rings is 1. The second kappa shape index (κ2) is 4.63. The number of rotatable bonds is 2. The lowest BCUT2D eigenvalue weighted by Gasteiger charge is -2.15. The largest absolute Gasteiger partial charge is 0.331 e. The maximum Gasteiger partial charge on any atom is 0.178 e. The van der Waals surface area contributed by atoms with Crippen LogP contribution in [-0.2, 0) is 0 Å². The van der Waals surface area contributed by atoms with Gasteiger partial charge in [0.05, 0.1) is 17.1 Å². The summed E-state index contributed by atoms with van der Waals surface area (Å²) in [6.07, 6.45) is 0. The zero-order valence-electron chi connectivity index (χ0n) is 10.4. The van der Waals surface area contributed by atoms with Crippen molar-refractivity contribution in [3.63, 3.8) is 0 Å². The van der Waals surface area contributed by atoms with Crippen molar-refractivity contribution in [2.45, 2.75) is 13.0 Å². The third-order valence-corrected chi connectivity index (χ3v) is 3.67. The van der Waals surface area contributed by atoms with Crippen LogP contribution in [0.1, 0.15) is 18.5 Å². The van der Waals surface area contributed by atoms with Gasteiger partial charge in [-0.1, -0.05) is 30.3 Å². The Kier molecular flexibility index (Phi) is 2.95. The first-order valence-corrected chi connectivity index (χ1v) is 6.53. The molecule has 1 heterocycles. The predicted octanol–water partition coefficient (Wildman–Crippen LogP) is 4.45. The molecule has 0 aliphatic rings. The van der Waals surface area contributed by atoms with Crippen LogP contribution in [0.2, 0.25) is 0 Å². The van der Waals surface area contributed by atoms with E-state index in [4.69, 9.17) is 12.2 Å². The van der Waals surface area contributed by atoms with Crippen LogP contribution in [0.5, 0.6) is 0 Å². The van der Waals surface area contributed by atoms with Crippen molar-refractivity contribution in [3.8, 4) is 0 Å². The van der Waals surface area contributed by atoms with Gasteiger partial charge in [0.25, 0.3) is 0 Å². The van der Waals surface area contributed by atoms with Crippen LogP contribution in [0, 0.1) is 10.6 Å². The van der Waals surface area contributed by atoms with Gasteiger partial charge in [-0.15, -0.1) is 0 Å². The number of para-hydroxylation sites is 2. The lowest BCUT2D eigenvalue weighted by Crippen LogP contribution is -2.08. The Labute approximate surface area is 115 Å². The van der Waals surface area contributed by atoms with Gasteiger partial charge in [-0.25, -0.2) is 4.39 Å². The molecule has 3 rings (SSSR count). The van der Waals surface area contributed by atoms with Crippen molar-refractivity contribution >= 4 is 23.3 Å². The van der Waals surface area contributed by atoms with Crippen molar-refractivity contribution < 1.29 is 4.39 Å². The van der Waals surface area contributed by atoms with Crippen LogP contribution in [0.3, 0.4) is 0 Å². The van der Waals surface area contributed by atoms with Gasteiger partial charge in [-0.3, -0.25) is 0 Å². The minimum Gasteiger partial charge on any atom is -0.331 e. The van der Waals surface area contributed by atoms with Crippen LogP contribution >= 0.6 is 12.2 Å². The maximum absolute atomic E-state index is 13.9. The third-order valence-electron chi connectivity index (χ3n) is 3.37. The Hall–Kier alpha value is -1.94. The topological polar surface area (TPSA) is 20.7 Å². The third kappa shape index (κ3) is 1.98. The minimum absolute atomic E-state index is 0.148. The molecule has 0 saturated heterocycles. The highest BCUT2D eigenvalue weighted by molar-refractivity contribution is 7.71. The smallest absolute Gasteiger partial charge is 0.178 e. The Morgan fingerprint density at radius 1 is 1.11 bits per heavy atom. The molecule has 4 heteroatoms. The van der Waals surface area contributed by atoms with E-state index in [9.17, 15) is 4.39 Å². The summed E-state index contributed by atoms with van der Waals surface area (Å²) in [7, 11) is 0. The van der Waals surface area contributed by atoms with Gasteiger partial charge in [0.15, 0.2) is 4.77 Å². The Balaban J connectivity index is 2.22. The summed E-state index contributed by atoms with van der Waals surface area (Å²) in [6, 6.07) is 14.5. The van der Waals surface area contributed by atoms with Crippen LogP contribution in [0.25, 0.3) is 11.0 Å². The number of hydrogen-bond donors (Lipinski definition) is 1. The zero-order chi connectivity index (χ0) is 13.4. The fourth-order valence-electron chi connectivity index (χ4n) is 2.41. The van der Waals surface area contributed by atoms with Crippen molar-refractivity contribution in [3.05, 3.63) is 64.7 Å². The van der Waals surface area contributed by atoms with Gasteiger partial charge < -0.3 is 9.55 Å². The summed E-state index contributed by atoms with van der Waals surface area (Å²) in [5.41, 5.74) is 2.60. The van der Waals surface area contributed by atoms with Gasteiger partial charge in [0, 0.05) is 5.56 Å². The number of benzene rings is 2. The van der Waals surface area contributed by atoms with Crippen LogP contribution in [0.15, 0.2) is 48.5 Å². The number of halogens is 1. The minimum atomic E-state index is -0.206. The van der Waals surface area contributed by atoms with Gasteiger partial charge in [-0.05, 0) is 37.3 Å². The molecule has 1 unspecified atom stereocenters. The van der Waals surface area contributed by atoms with E-state index in [-0.39, 0.29) is 11.9 Å². The van der Waals surface area contributed by atoms with Crippen LogP contribution in [-0.4, -0.2) is 9.55 Å². The average Bonchev–Trinajstić information content (AvgIpc) is 2.74. The first kappa shape index (κ1) is 12.1. The summed E-state index contributed by atoms with van der Waals surface area (Å²) >= 11 is 5.36. The summed E-state index contributed by atoms with van der Waals surface area (Å²) in [5.74, 6) is -0.206. The standard InChI is InChI=1S/C15H13FN2S/c1-10(11-6-2-3-7-12(11)16)18-14-9-5-4-8-13(14)17-15(18)19/h2-10H,1H3,(H,17,19). The van der Waals surface area contributed by atoms with E-state index < -0.39 is 0 Å². The fourth-order valence-corrected chi connectivity index (χ4v) is 2.78. The van der Waals surface area contributed by atoms with Gasteiger partial charge in [0.2, 0.25) is 0 Å². The Morgan fingerprint density at radius 3 is 2.58 bits per heavy atom. The second-order valence-electron chi connectivity index (χ2n) is 4.51. The highest BCUT2D eigenvalue weighted by atomic mass is 32.1. The molecule has 0 saturated carbocycles. The normalized spacial score (nSPS) is 12.7. The SMILES string of the molecule is CC(c1ccccc1F)n1c(=S)[nH]c2ccccc21. The number of nitrogens with one attached hydrogen (secondary N) is 1. The molecule has 2 nitrogen and oxygen atoms in total. The second-order valence-corrected chi connectivity index (χ2v) is 4.90. The molecule has 1 atom stereocenters. The number of aromatic nitrogens is 2. The van der Waals surface area contributed by atoms with Gasteiger partial charge in [0.1, 0.15) is 5.82 Å². The van der Waals surface area contributed by atoms with E-state index in [1.54, 1.807) is 12.1 Å². The van der Waals surface area contributed by atoms with Gasteiger partial charge >= 0.3 is 0 Å². The molecule has 0 aliphatic heterocycles. The number of H-pyrrole nitrogens is 1. The molecule has 0 spiro atoms. The maximum atomic E-state index is 13.9. The first-order chi connectivity index (χ1) is 9.18. The van der Waals surface area contributed by atoms with E-state index in [1.807, 2.05) is 41.8 Å². The molecular weight excluding hydrogens is 259 g/mol. The van der Waals surface area contributed by atoms with Crippen LogP contribution in [0.4, 0.5) is 4.39 Å². The first-order valence-electron chi connectivity index (χ1n) is 6.12. The quantitative estimate of drug-likeness (QED) is 0.684.